The van der Waals surface area contributed by atoms with Crippen LogP contribution in [0.25, 0.3) is 5.65 Å². The molecule has 2 aliphatic rings. The third-order valence-electron chi connectivity index (χ3n) is 5.53. The van der Waals surface area contributed by atoms with Crippen molar-refractivity contribution >= 4 is 5.65 Å². The van der Waals surface area contributed by atoms with E-state index in [-0.39, 0.29) is 0 Å². The molecule has 1 aliphatic heterocycles. The van der Waals surface area contributed by atoms with Gasteiger partial charge in [0, 0.05) is 24.9 Å². The highest BCUT2D eigenvalue weighted by atomic mass is 15.4. The van der Waals surface area contributed by atoms with E-state index in [1.54, 1.807) is 0 Å². The Morgan fingerprint density at radius 3 is 2.88 bits per heavy atom. The summed E-state index contributed by atoms with van der Waals surface area (Å²) in [4.78, 5) is 6.71. The third kappa shape index (κ3) is 2.80. The minimum atomic E-state index is 0.451. The van der Waals surface area contributed by atoms with Crippen LogP contribution in [0.1, 0.15) is 47.8 Å². The SMILES string of the molecule is c1cncc(CN2CCC(c3nnc4cc5c(nn34)CCC5)CC2)c1. The molecule has 25 heavy (non-hydrogen) atoms. The van der Waals surface area contributed by atoms with E-state index in [0.717, 1.165) is 56.8 Å². The summed E-state index contributed by atoms with van der Waals surface area (Å²) in [6, 6.07) is 6.34. The number of nitrogens with zero attached hydrogens (tertiary/aromatic N) is 6. The number of rotatable bonds is 3. The van der Waals surface area contributed by atoms with Gasteiger partial charge in [0.15, 0.2) is 11.5 Å². The number of fused-ring (bicyclic) bond motifs is 2. The first-order valence-corrected chi connectivity index (χ1v) is 9.22. The van der Waals surface area contributed by atoms with Crippen LogP contribution >= 0.6 is 0 Å². The summed E-state index contributed by atoms with van der Waals surface area (Å²) in [6.45, 7) is 3.14. The fourth-order valence-electron chi connectivity index (χ4n) is 4.15. The molecule has 0 atom stereocenters. The van der Waals surface area contributed by atoms with Crippen molar-refractivity contribution in [3.05, 3.63) is 53.2 Å². The van der Waals surface area contributed by atoms with Gasteiger partial charge in [-0.25, -0.2) is 0 Å². The van der Waals surface area contributed by atoms with Crippen LogP contribution in [0.2, 0.25) is 0 Å². The van der Waals surface area contributed by atoms with Gasteiger partial charge in [-0.2, -0.15) is 9.61 Å². The van der Waals surface area contributed by atoms with Gasteiger partial charge in [-0.05, 0) is 68.5 Å². The van der Waals surface area contributed by atoms with Crippen molar-refractivity contribution in [1.82, 2.24) is 29.7 Å². The molecule has 1 saturated heterocycles. The van der Waals surface area contributed by atoms with Crippen LogP contribution in [0.15, 0.2) is 30.6 Å². The molecule has 0 spiro atoms. The van der Waals surface area contributed by atoms with Gasteiger partial charge < -0.3 is 0 Å². The van der Waals surface area contributed by atoms with Gasteiger partial charge in [0.05, 0.1) is 5.69 Å². The van der Waals surface area contributed by atoms with Crippen LogP contribution in [0, 0.1) is 0 Å². The topological polar surface area (TPSA) is 59.2 Å². The van der Waals surface area contributed by atoms with Crippen molar-refractivity contribution in [1.29, 1.82) is 0 Å². The lowest BCUT2D eigenvalue weighted by atomic mass is 9.96. The Hall–Kier alpha value is -2.34. The molecule has 5 rings (SSSR count). The predicted octanol–water partition coefficient (Wildman–Crippen LogP) is 2.39. The van der Waals surface area contributed by atoms with E-state index in [1.807, 2.05) is 23.0 Å². The number of piperidine rings is 1. The van der Waals surface area contributed by atoms with E-state index in [2.05, 4.69) is 32.2 Å². The van der Waals surface area contributed by atoms with Gasteiger partial charge in [-0.15, -0.1) is 10.2 Å². The van der Waals surface area contributed by atoms with Crippen LogP contribution in [0.5, 0.6) is 0 Å². The van der Waals surface area contributed by atoms with E-state index < -0.39 is 0 Å². The summed E-state index contributed by atoms with van der Waals surface area (Å²) >= 11 is 0. The molecule has 4 heterocycles. The van der Waals surface area contributed by atoms with Crippen LogP contribution < -0.4 is 0 Å². The summed E-state index contributed by atoms with van der Waals surface area (Å²) < 4.78 is 2.01. The van der Waals surface area contributed by atoms with Crippen LogP contribution in [-0.4, -0.2) is 42.8 Å². The lowest BCUT2D eigenvalue weighted by molar-refractivity contribution is 0.200. The Bertz CT molecular complexity index is 880. The summed E-state index contributed by atoms with van der Waals surface area (Å²) in [5.74, 6) is 1.50. The summed E-state index contributed by atoms with van der Waals surface area (Å²) in [5.41, 5.74) is 4.79. The maximum absolute atomic E-state index is 4.85. The molecule has 1 fully saturated rings. The van der Waals surface area contributed by atoms with Crippen molar-refractivity contribution in [3.63, 3.8) is 0 Å². The fraction of sp³-hybridized carbons (Fsp3) is 0.474. The smallest absolute Gasteiger partial charge is 0.178 e. The molecule has 1 aliphatic carbocycles. The number of hydrogen-bond donors (Lipinski definition) is 0. The molecule has 0 amide bonds. The van der Waals surface area contributed by atoms with Crippen LogP contribution in [0.3, 0.4) is 0 Å². The highest BCUT2D eigenvalue weighted by Gasteiger charge is 2.26. The zero-order chi connectivity index (χ0) is 16.6. The number of hydrogen-bond acceptors (Lipinski definition) is 5. The molecule has 0 N–H and O–H groups in total. The van der Waals surface area contributed by atoms with E-state index in [1.165, 1.54) is 23.2 Å². The molecule has 3 aromatic heterocycles. The molecule has 6 nitrogen and oxygen atoms in total. The van der Waals surface area contributed by atoms with Gasteiger partial charge in [-0.3, -0.25) is 9.88 Å². The van der Waals surface area contributed by atoms with Gasteiger partial charge >= 0.3 is 0 Å². The molecular formula is C19H22N6. The zero-order valence-corrected chi connectivity index (χ0v) is 14.3. The Morgan fingerprint density at radius 1 is 1.12 bits per heavy atom. The second kappa shape index (κ2) is 6.19. The maximum Gasteiger partial charge on any atom is 0.178 e. The molecule has 6 heteroatoms. The van der Waals surface area contributed by atoms with E-state index >= 15 is 0 Å². The summed E-state index contributed by atoms with van der Waals surface area (Å²) in [7, 11) is 0. The maximum atomic E-state index is 4.85. The Morgan fingerprint density at radius 2 is 2.04 bits per heavy atom. The molecule has 0 bridgehead atoms. The lowest BCUT2D eigenvalue weighted by Crippen LogP contribution is -2.33. The van der Waals surface area contributed by atoms with E-state index in [0.29, 0.717) is 5.92 Å². The van der Waals surface area contributed by atoms with E-state index in [4.69, 9.17) is 5.10 Å². The quantitative estimate of drug-likeness (QED) is 0.736. The Balaban J connectivity index is 1.32. The standard InChI is InChI=1S/C19H22N6/c1-4-16-11-18-21-22-19(25(18)23-17(16)5-1)15-6-9-24(10-7-15)13-14-3-2-8-20-12-14/h2-3,8,11-12,15H,1,4-7,9-10,13H2. The molecule has 0 saturated carbocycles. The first kappa shape index (κ1) is 15.0. The minimum Gasteiger partial charge on any atom is -0.299 e. The molecule has 0 radical (unpaired) electrons. The van der Waals surface area contributed by atoms with Crippen molar-refractivity contribution < 1.29 is 0 Å². The van der Waals surface area contributed by atoms with Crippen molar-refractivity contribution in [2.45, 2.75) is 44.6 Å². The first-order chi connectivity index (χ1) is 12.4. The average Bonchev–Trinajstić information content (AvgIpc) is 3.27. The average molecular weight is 334 g/mol. The molecule has 0 unspecified atom stereocenters. The molecule has 0 aromatic carbocycles. The Kier molecular flexibility index (Phi) is 3.70. The van der Waals surface area contributed by atoms with Crippen LogP contribution in [0.4, 0.5) is 0 Å². The van der Waals surface area contributed by atoms with Gasteiger partial charge in [-0.1, -0.05) is 6.07 Å². The normalized spacial score (nSPS) is 18.7. The predicted molar refractivity (Wildman–Crippen MR) is 94.3 cm³/mol. The van der Waals surface area contributed by atoms with Crippen LogP contribution in [-0.2, 0) is 19.4 Å². The van der Waals surface area contributed by atoms with Crippen molar-refractivity contribution in [2.24, 2.45) is 0 Å². The van der Waals surface area contributed by atoms with Gasteiger partial charge in [0.2, 0.25) is 0 Å². The Labute approximate surface area is 146 Å². The first-order valence-electron chi connectivity index (χ1n) is 9.22. The lowest BCUT2D eigenvalue weighted by Gasteiger charge is -2.30. The zero-order valence-electron chi connectivity index (χ0n) is 14.3. The molecular weight excluding hydrogens is 312 g/mol. The third-order valence-corrected chi connectivity index (χ3v) is 5.53. The second-order valence-electron chi connectivity index (χ2n) is 7.21. The summed E-state index contributed by atoms with van der Waals surface area (Å²) in [6.07, 6.45) is 9.45. The monoisotopic (exact) mass is 334 g/mol. The van der Waals surface area contributed by atoms with Gasteiger partial charge in [0.25, 0.3) is 0 Å². The second-order valence-corrected chi connectivity index (χ2v) is 7.21. The largest absolute Gasteiger partial charge is 0.299 e. The van der Waals surface area contributed by atoms with Crippen molar-refractivity contribution in [3.8, 4) is 0 Å². The number of likely N-dealkylation sites (tertiary alicyclic amines) is 1. The highest BCUT2D eigenvalue weighted by molar-refractivity contribution is 5.43. The van der Waals surface area contributed by atoms with Gasteiger partial charge in [0.1, 0.15) is 0 Å². The minimum absolute atomic E-state index is 0.451. The fourth-order valence-corrected chi connectivity index (χ4v) is 4.15. The summed E-state index contributed by atoms with van der Waals surface area (Å²) in [5, 5.41) is 13.7. The van der Waals surface area contributed by atoms with Crippen molar-refractivity contribution in [2.75, 3.05) is 13.1 Å². The number of aryl methyl sites for hydroxylation is 2. The molecule has 128 valence electrons. The number of aromatic nitrogens is 5. The molecule has 3 aromatic rings. The highest BCUT2D eigenvalue weighted by Crippen LogP contribution is 2.29. The number of pyridine rings is 1. The van der Waals surface area contributed by atoms with E-state index in [9.17, 15) is 0 Å².